The second kappa shape index (κ2) is 8.68. The van der Waals surface area contributed by atoms with Crippen LogP contribution in [0.5, 0.6) is 0 Å². The van der Waals surface area contributed by atoms with Crippen molar-refractivity contribution in [3.05, 3.63) is 35.4 Å². The normalized spacial score (nSPS) is 21.3. The van der Waals surface area contributed by atoms with Crippen LogP contribution in [0.25, 0.3) is 0 Å². The molecule has 138 valence electrons. The highest BCUT2D eigenvalue weighted by Gasteiger charge is 2.39. The minimum Gasteiger partial charge on any atom is -0.381 e. The third-order valence-electron chi connectivity index (χ3n) is 5.59. The number of nitrogens with one attached hydrogen (secondary N) is 2. The van der Waals surface area contributed by atoms with E-state index in [0.29, 0.717) is 0 Å². The standard InChI is InChI=1S/C20H32N4O/c1-17-5-7-18(8-6-17)15-22-19(21-2)23-16-20(9-13-25-14-10-20)24-11-3-4-12-24/h5-8H,3-4,9-16H2,1-2H3,(H2,21,22,23). The van der Waals surface area contributed by atoms with Crippen LogP contribution in [0, 0.1) is 6.92 Å². The van der Waals surface area contributed by atoms with Crippen LogP contribution >= 0.6 is 0 Å². The number of hydrogen-bond donors (Lipinski definition) is 2. The van der Waals surface area contributed by atoms with E-state index in [1.165, 1.54) is 37.1 Å². The van der Waals surface area contributed by atoms with Crippen LogP contribution in [0.3, 0.4) is 0 Å². The number of aryl methyl sites for hydroxylation is 1. The molecule has 0 bridgehead atoms. The zero-order valence-corrected chi connectivity index (χ0v) is 15.7. The first kappa shape index (κ1) is 18.2. The lowest BCUT2D eigenvalue weighted by Crippen LogP contribution is -2.58. The van der Waals surface area contributed by atoms with Crippen molar-refractivity contribution in [2.45, 2.75) is 44.7 Å². The number of likely N-dealkylation sites (tertiary alicyclic amines) is 1. The van der Waals surface area contributed by atoms with Crippen molar-refractivity contribution in [2.75, 3.05) is 39.9 Å². The minimum absolute atomic E-state index is 0.218. The number of ether oxygens (including phenoxy) is 1. The Morgan fingerprint density at radius 1 is 1.12 bits per heavy atom. The molecule has 25 heavy (non-hydrogen) atoms. The zero-order chi connectivity index (χ0) is 17.5. The quantitative estimate of drug-likeness (QED) is 0.636. The molecule has 1 aromatic rings. The van der Waals surface area contributed by atoms with Gasteiger partial charge in [-0.15, -0.1) is 0 Å². The van der Waals surface area contributed by atoms with Gasteiger partial charge in [0.15, 0.2) is 5.96 Å². The van der Waals surface area contributed by atoms with Gasteiger partial charge in [-0.2, -0.15) is 0 Å². The molecule has 2 aliphatic rings. The van der Waals surface area contributed by atoms with Gasteiger partial charge in [-0.3, -0.25) is 9.89 Å². The van der Waals surface area contributed by atoms with E-state index in [9.17, 15) is 0 Å². The molecule has 0 spiro atoms. The van der Waals surface area contributed by atoms with Gasteiger partial charge in [0.05, 0.1) is 0 Å². The summed E-state index contributed by atoms with van der Waals surface area (Å²) in [6, 6.07) is 8.63. The van der Waals surface area contributed by atoms with E-state index in [1.807, 2.05) is 7.05 Å². The maximum atomic E-state index is 5.63. The van der Waals surface area contributed by atoms with Gasteiger partial charge < -0.3 is 15.4 Å². The molecular weight excluding hydrogens is 312 g/mol. The molecule has 0 aromatic heterocycles. The smallest absolute Gasteiger partial charge is 0.191 e. The second-order valence-corrected chi connectivity index (χ2v) is 7.30. The van der Waals surface area contributed by atoms with Crippen LogP contribution in [0.4, 0.5) is 0 Å². The van der Waals surface area contributed by atoms with Crippen molar-refractivity contribution < 1.29 is 4.74 Å². The van der Waals surface area contributed by atoms with Crippen LogP contribution in [-0.4, -0.2) is 56.3 Å². The Kier molecular flexibility index (Phi) is 6.32. The highest BCUT2D eigenvalue weighted by Crippen LogP contribution is 2.30. The Morgan fingerprint density at radius 2 is 1.80 bits per heavy atom. The topological polar surface area (TPSA) is 48.9 Å². The van der Waals surface area contributed by atoms with Gasteiger partial charge in [0, 0.05) is 38.9 Å². The number of hydrogen-bond acceptors (Lipinski definition) is 3. The van der Waals surface area contributed by atoms with Crippen molar-refractivity contribution in [2.24, 2.45) is 4.99 Å². The van der Waals surface area contributed by atoms with Crippen LogP contribution < -0.4 is 10.6 Å². The molecule has 0 aliphatic carbocycles. The van der Waals surface area contributed by atoms with Crippen molar-refractivity contribution >= 4 is 5.96 Å². The maximum absolute atomic E-state index is 5.63. The zero-order valence-electron chi connectivity index (χ0n) is 15.7. The molecule has 2 heterocycles. The summed E-state index contributed by atoms with van der Waals surface area (Å²) in [6.07, 6.45) is 4.86. The summed E-state index contributed by atoms with van der Waals surface area (Å²) in [7, 11) is 1.84. The van der Waals surface area contributed by atoms with E-state index in [2.05, 4.69) is 51.7 Å². The summed E-state index contributed by atoms with van der Waals surface area (Å²) in [5.74, 6) is 0.880. The Balaban J connectivity index is 1.55. The SMILES string of the molecule is CN=C(NCc1ccc(C)cc1)NCC1(N2CCCC2)CCOCC1. The fraction of sp³-hybridized carbons (Fsp3) is 0.650. The van der Waals surface area contributed by atoms with Gasteiger partial charge in [0.1, 0.15) is 0 Å². The summed E-state index contributed by atoms with van der Waals surface area (Å²) in [5, 5.41) is 7.02. The van der Waals surface area contributed by atoms with E-state index in [1.54, 1.807) is 0 Å². The first-order chi connectivity index (χ1) is 12.2. The molecule has 2 aliphatic heterocycles. The third kappa shape index (κ3) is 4.73. The van der Waals surface area contributed by atoms with E-state index in [4.69, 9.17) is 4.74 Å². The molecule has 2 saturated heterocycles. The molecule has 2 N–H and O–H groups in total. The second-order valence-electron chi connectivity index (χ2n) is 7.30. The number of benzene rings is 1. The fourth-order valence-corrected chi connectivity index (χ4v) is 3.91. The fourth-order valence-electron chi connectivity index (χ4n) is 3.91. The van der Waals surface area contributed by atoms with Gasteiger partial charge in [0.2, 0.25) is 0 Å². The summed E-state index contributed by atoms with van der Waals surface area (Å²) < 4.78 is 5.63. The number of rotatable bonds is 5. The molecule has 1 aromatic carbocycles. The van der Waals surface area contributed by atoms with Gasteiger partial charge in [-0.25, -0.2) is 0 Å². The molecular formula is C20H32N4O. The molecule has 0 amide bonds. The number of nitrogens with zero attached hydrogens (tertiary/aromatic N) is 2. The van der Waals surface area contributed by atoms with E-state index < -0.39 is 0 Å². The predicted molar refractivity (Wildman–Crippen MR) is 103 cm³/mol. The van der Waals surface area contributed by atoms with Gasteiger partial charge in [-0.1, -0.05) is 29.8 Å². The first-order valence-electron chi connectivity index (χ1n) is 9.55. The highest BCUT2D eigenvalue weighted by atomic mass is 16.5. The van der Waals surface area contributed by atoms with Crippen molar-refractivity contribution in [3.8, 4) is 0 Å². The Labute approximate surface area is 151 Å². The average Bonchev–Trinajstić information content (AvgIpc) is 3.19. The van der Waals surface area contributed by atoms with Crippen LogP contribution in [0.1, 0.15) is 36.8 Å². The first-order valence-corrected chi connectivity index (χ1v) is 9.55. The van der Waals surface area contributed by atoms with Crippen molar-refractivity contribution in [1.82, 2.24) is 15.5 Å². The number of aliphatic imine (C=N–C) groups is 1. The Bertz CT molecular complexity index is 558. The Hall–Kier alpha value is -1.59. The molecule has 5 heteroatoms. The van der Waals surface area contributed by atoms with Crippen LogP contribution in [-0.2, 0) is 11.3 Å². The molecule has 3 rings (SSSR count). The van der Waals surface area contributed by atoms with Crippen molar-refractivity contribution in [1.29, 1.82) is 0 Å². The molecule has 0 radical (unpaired) electrons. The summed E-state index contributed by atoms with van der Waals surface area (Å²) in [5.41, 5.74) is 2.78. The highest BCUT2D eigenvalue weighted by molar-refractivity contribution is 5.79. The largest absolute Gasteiger partial charge is 0.381 e. The molecule has 5 nitrogen and oxygen atoms in total. The molecule has 0 saturated carbocycles. The molecule has 0 unspecified atom stereocenters. The lowest BCUT2D eigenvalue weighted by molar-refractivity contribution is -0.0164. The Morgan fingerprint density at radius 3 is 2.44 bits per heavy atom. The average molecular weight is 345 g/mol. The van der Waals surface area contributed by atoms with Crippen molar-refractivity contribution in [3.63, 3.8) is 0 Å². The predicted octanol–water partition coefficient (Wildman–Crippen LogP) is 2.31. The van der Waals surface area contributed by atoms with Crippen LogP contribution in [0.15, 0.2) is 29.3 Å². The number of guanidine groups is 1. The molecule has 2 fully saturated rings. The van der Waals surface area contributed by atoms with Gasteiger partial charge in [0.25, 0.3) is 0 Å². The third-order valence-corrected chi connectivity index (χ3v) is 5.59. The lowest BCUT2D eigenvalue weighted by atomic mass is 9.88. The van der Waals surface area contributed by atoms with E-state index in [-0.39, 0.29) is 5.54 Å². The maximum Gasteiger partial charge on any atom is 0.191 e. The van der Waals surface area contributed by atoms with Gasteiger partial charge in [-0.05, 0) is 51.3 Å². The van der Waals surface area contributed by atoms with E-state index in [0.717, 1.165) is 45.1 Å². The van der Waals surface area contributed by atoms with Gasteiger partial charge >= 0.3 is 0 Å². The summed E-state index contributed by atoms with van der Waals surface area (Å²) in [6.45, 7) is 8.02. The minimum atomic E-state index is 0.218. The molecule has 0 atom stereocenters. The van der Waals surface area contributed by atoms with E-state index >= 15 is 0 Å². The van der Waals surface area contributed by atoms with Crippen LogP contribution in [0.2, 0.25) is 0 Å². The summed E-state index contributed by atoms with van der Waals surface area (Å²) >= 11 is 0. The lowest BCUT2D eigenvalue weighted by Gasteiger charge is -2.45. The summed E-state index contributed by atoms with van der Waals surface area (Å²) in [4.78, 5) is 7.08. The monoisotopic (exact) mass is 344 g/mol.